The van der Waals surface area contributed by atoms with Gasteiger partial charge in [-0.1, -0.05) is 0 Å². The van der Waals surface area contributed by atoms with E-state index in [2.05, 4.69) is 23.7 Å². The van der Waals surface area contributed by atoms with Gasteiger partial charge in [-0.3, -0.25) is 0 Å². The molecule has 0 aliphatic heterocycles. The van der Waals surface area contributed by atoms with Crippen molar-refractivity contribution in [2.45, 2.75) is 13.3 Å². The normalized spacial score (nSPS) is 10.0. The zero-order valence-electron chi connectivity index (χ0n) is 6.63. The minimum Gasteiger partial charge on any atom is -0.396 e. The lowest BCUT2D eigenvalue weighted by atomic mass is 10.4. The summed E-state index contributed by atoms with van der Waals surface area (Å²) in [6, 6.07) is 2.11. The zero-order chi connectivity index (χ0) is 8.10. The van der Waals surface area contributed by atoms with E-state index < -0.39 is 0 Å². The summed E-state index contributed by atoms with van der Waals surface area (Å²) in [5, 5.41) is 13.8. The van der Waals surface area contributed by atoms with Crippen LogP contribution in [0.4, 0.5) is 5.69 Å². The topological polar surface area (TPSA) is 32.3 Å². The highest BCUT2D eigenvalue weighted by Crippen LogP contribution is 2.17. The highest BCUT2D eigenvalue weighted by molar-refractivity contribution is 7.10. The fourth-order valence-electron chi connectivity index (χ4n) is 0.848. The minimum absolute atomic E-state index is 0.260. The van der Waals surface area contributed by atoms with Gasteiger partial charge >= 0.3 is 0 Å². The Bertz CT molecular complexity index is 210. The molecule has 0 aliphatic carbocycles. The molecular formula is C8H13NOS. The standard InChI is InChI=1S/C8H13NOS/c1-7-5-8(6-11-7)9-3-2-4-10/h5-6,9-10H,2-4H2,1H3. The van der Waals surface area contributed by atoms with Crippen LogP contribution in [0.3, 0.4) is 0 Å². The van der Waals surface area contributed by atoms with E-state index in [1.54, 1.807) is 11.3 Å². The average molecular weight is 171 g/mol. The zero-order valence-corrected chi connectivity index (χ0v) is 7.45. The molecule has 0 aromatic carbocycles. The Morgan fingerprint density at radius 1 is 1.64 bits per heavy atom. The number of rotatable bonds is 4. The van der Waals surface area contributed by atoms with Crippen molar-refractivity contribution in [2.75, 3.05) is 18.5 Å². The lowest BCUT2D eigenvalue weighted by Crippen LogP contribution is -2.01. The molecule has 0 saturated heterocycles. The molecule has 11 heavy (non-hydrogen) atoms. The van der Waals surface area contributed by atoms with Crippen LogP contribution in [0.5, 0.6) is 0 Å². The number of thiophene rings is 1. The molecule has 1 heterocycles. The van der Waals surface area contributed by atoms with Crippen molar-refractivity contribution in [3.8, 4) is 0 Å². The Morgan fingerprint density at radius 3 is 3.00 bits per heavy atom. The van der Waals surface area contributed by atoms with E-state index in [0.717, 1.165) is 13.0 Å². The third-order valence-electron chi connectivity index (χ3n) is 1.39. The van der Waals surface area contributed by atoms with E-state index >= 15 is 0 Å². The number of aliphatic hydroxyl groups is 1. The van der Waals surface area contributed by atoms with Crippen molar-refractivity contribution in [1.82, 2.24) is 0 Å². The van der Waals surface area contributed by atoms with Crippen LogP contribution in [0.15, 0.2) is 11.4 Å². The highest BCUT2D eigenvalue weighted by atomic mass is 32.1. The van der Waals surface area contributed by atoms with Crippen molar-refractivity contribution >= 4 is 17.0 Å². The molecule has 0 unspecified atom stereocenters. The van der Waals surface area contributed by atoms with Crippen LogP contribution in [0.2, 0.25) is 0 Å². The number of hydrogen-bond acceptors (Lipinski definition) is 3. The average Bonchev–Trinajstić information content (AvgIpc) is 2.37. The number of nitrogens with one attached hydrogen (secondary N) is 1. The van der Waals surface area contributed by atoms with Gasteiger partial charge in [0.15, 0.2) is 0 Å². The molecule has 0 amide bonds. The van der Waals surface area contributed by atoms with E-state index in [1.807, 2.05) is 0 Å². The molecule has 2 nitrogen and oxygen atoms in total. The number of hydrogen-bond donors (Lipinski definition) is 2. The van der Waals surface area contributed by atoms with Gasteiger partial charge in [0.1, 0.15) is 0 Å². The second-order valence-corrected chi connectivity index (χ2v) is 3.57. The molecule has 62 valence electrons. The van der Waals surface area contributed by atoms with Crippen LogP contribution in [0.1, 0.15) is 11.3 Å². The molecule has 2 N–H and O–H groups in total. The SMILES string of the molecule is Cc1cc(NCCCO)cs1. The smallest absolute Gasteiger partial charge is 0.0451 e. The maximum atomic E-state index is 8.51. The third kappa shape index (κ3) is 2.91. The molecule has 0 saturated carbocycles. The van der Waals surface area contributed by atoms with E-state index in [0.29, 0.717) is 0 Å². The fourth-order valence-corrected chi connectivity index (χ4v) is 1.51. The van der Waals surface area contributed by atoms with Gasteiger partial charge < -0.3 is 10.4 Å². The molecular weight excluding hydrogens is 158 g/mol. The molecule has 1 aromatic rings. The summed E-state index contributed by atoms with van der Waals surface area (Å²) in [4.78, 5) is 1.32. The van der Waals surface area contributed by atoms with Crippen LogP contribution >= 0.6 is 11.3 Å². The van der Waals surface area contributed by atoms with Crippen molar-refractivity contribution in [3.63, 3.8) is 0 Å². The highest BCUT2D eigenvalue weighted by Gasteiger charge is 1.92. The first-order valence-corrected chi connectivity index (χ1v) is 4.61. The molecule has 1 rings (SSSR count). The van der Waals surface area contributed by atoms with E-state index in [4.69, 9.17) is 5.11 Å². The first-order chi connectivity index (χ1) is 5.33. The maximum Gasteiger partial charge on any atom is 0.0451 e. The van der Waals surface area contributed by atoms with Crippen LogP contribution in [-0.4, -0.2) is 18.3 Å². The molecule has 3 heteroatoms. The Morgan fingerprint density at radius 2 is 2.45 bits per heavy atom. The molecule has 0 atom stereocenters. The van der Waals surface area contributed by atoms with Crippen molar-refractivity contribution < 1.29 is 5.11 Å². The Balaban J connectivity index is 2.27. The minimum atomic E-state index is 0.260. The van der Waals surface area contributed by atoms with Crippen LogP contribution in [0, 0.1) is 6.92 Å². The Labute approximate surface area is 70.9 Å². The van der Waals surface area contributed by atoms with Gasteiger partial charge in [0.25, 0.3) is 0 Å². The monoisotopic (exact) mass is 171 g/mol. The van der Waals surface area contributed by atoms with Crippen molar-refractivity contribution in [2.24, 2.45) is 0 Å². The summed E-state index contributed by atoms with van der Waals surface area (Å²) < 4.78 is 0. The van der Waals surface area contributed by atoms with Crippen LogP contribution in [0.25, 0.3) is 0 Å². The predicted octanol–water partition coefficient (Wildman–Crippen LogP) is 1.85. The van der Waals surface area contributed by atoms with E-state index in [9.17, 15) is 0 Å². The summed E-state index contributed by atoms with van der Waals surface area (Å²) in [6.07, 6.45) is 0.814. The molecule has 0 bridgehead atoms. The largest absolute Gasteiger partial charge is 0.396 e. The van der Waals surface area contributed by atoms with Gasteiger partial charge in [-0.2, -0.15) is 0 Å². The Hall–Kier alpha value is -0.540. The molecule has 0 aliphatic rings. The summed E-state index contributed by atoms with van der Waals surface area (Å²) in [7, 11) is 0. The summed E-state index contributed by atoms with van der Waals surface area (Å²) in [5.41, 5.74) is 1.17. The maximum absolute atomic E-state index is 8.51. The summed E-state index contributed by atoms with van der Waals surface area (Å²) in [5.74, 6) is 0. The summed E-state index contributed by atoms with van der Waals surface area (Å²) in [6.45, 7) is 3.20. The molecule has 0 fully saturated rings. The van der Waals surface area contributed by atoms with Gasteiger partial charge in [-0.15, -0.1) is 11.3 Å². The lowest BCUT2D eigenvalue weighted by Gasteiger charge is -1.99. The number of aryl methyl sites for hydroxylation is 1. The molecule has 1 aromatic heterocycles. The Kier molecular flexibility index (Phi) is 3.39. The van der Waals surface area contributed by atoms with Crippen LogP contribution in [-0.2, 0) is 0 Å². The van der Waals surface area contributed by atoms with Gasteiger partial charge in [0.05, 0.1) is 0 Å². The number of anilines is 1. The predicted molar refractivity (Wildman–Crippen MR) is 49.2 cm³/mol. The second kappa shape index (κ2) is 4.36. The van der Waals surface area contributed by atoms with E-state index in [1.165, 1.54) is 10.6 Å². The lowest BCUT2D eigenvalue weighted by molar-refractivity contribution is 0.292. The van der Waals surface area contributed by atoms with Gasteiger partial charge in [0, 0.05) is 29.1 Å². The van der Waals surface area contributed by atoms with Gasteiger partial charge in [-0.25, -0.2) is 0 Å². The van der Waals surface area contributed by atoms with Crippen molar-refractivity contribution in [3.05, 3.63) is 16.3 Å². The quantitative estimate of drug-likeness (QED) is 0.678. The van der Waals surface area contributed by atoms with Gasteiger partial charge in [-0.05, 0) is 19.4 Å². The van der Waals surface area contributed by atoms with E-state index in [-0.39, 0.29) is 6.61 Å². The molecule has 0 radical (unpaired) electrons. The van der Waals surface area contributed by atoms with Crippen LogP contribution < -0.4 is 5.32 Å². The third-order valence-corrected chi connectivity index (χ3v) is 2.26. The fraction of sp³-hybridized carbons (Fsp3) is 0.500. The first-order valence-electron chi connectivity index (χ1n) is 3.73. The molecule has 0 spiro atoms. The number of aliphatic hydroxyl groups excluding tert-OH is 1. The van der Waals surface area contributed by atoms with Gasteiger partial charge in [0.2, 0.25) is 0 Å². The summed E-state index contributed by atoms with van der Waals surface area (Å²) >= 11 is 1.74. The van der Waals surface area contributed by atoms with Crippen molar-refractivity contribution in [1.29, 1.82) is 0 Å². The second-order valence-electron chi connectivity index (χ2n) is 2.45. The first kappa shape index (κ1) is 8.56.